The van der Waals surface area contributed by atoms with Crippen LogP contribution < -0.4 is 9.47 Å². The number of hydrogen-bond acceptors (Lipinski definition) is 4. The Morgan fingerprint density at radius 1 is 0.968 bits per heavy atom. The number of likely N-dealkylation sites (tertiary alicyclic amines) is 1. The van der Waals surface area contributed by atoms with Crippen LogP contribution in [0.1, 0.15) is 39.2 Å². The Morgan fingerprint density at radius 2 is 1.52 bits per heavy atom. The molecular formula is C23H26F3NO4. The number of amides is 1. The van der Waals surface area contributed by atoms with Gasteiger partial charge in [-0.3, -0.25) is 0 Å². The zero-order valence-electron chi connectivity index (χ0n) is 17.7. The fourth-order valence-corrected chi connectivity index (χ4v) is 3.21. The van der Waals surface area contributed by atoms with Crippen molar-refractivity contribution in [1.29, 1.82) is 0 Å². The summed E-state index contributed by atoms with van der Waals surface area (Å²) < 4.78 is 54.8. The van der Waals surface area contributed by atoms with Gasteiger partial charge in [0.15, 0.2) is 0 Å². The van der Waals surface area contributed by atoms with Gasteiger partial charge in [-0.05, 0) is 82.1 Å². The number of nitrogens with zero attached hydrogens (tertiary/aromatic N) is 1. The third-order valence-electron chi connectivity index (χ3n) is 4.69. The van der Waals surface area contributed by atoms with Gasteiger partial charge in [-0.25, -0.2) is 4.79 Å². The summed E-state index contributed by atoms with van der Waals surface area (Å²) in [4.78, 5) is 14.0. The molecule has 2 aromatic carbocycles. The lowest BCUT2D eigenvalue weighted by Gasteiger charge is -2.28. The minimum Gasteiger partial charge on any atom is -0.491 e. The lowest BCUT2D eigenvalue weighted by Crippen LogP contribution is -2.42. The monoisotopic (exact) mass is 437 g/mol. The number of hydrogen-bond donors (Lipinski definition) is 0. The first-order valence-corrected chi connectivity index (χ1v) is 10.1. The van der Waals surface area contributed by atoms with Gasteiger partial charge in [0.2, 0.25) is 0 Å². The summed E-state index contributed by atoms with van der Waals surface area (Å²) in [7, 11) is 0. The maximum absolute atomic E-state index is 12.6. The second-order valence-corrected chi connectivity index (χ2v) is 8.38. The van der Waals surface area contributed by atoms with Crippen molar-refractivity contribution in [3.63, 3.8) is 0 Å². The maximum Gasteiger partial charge on any atom is 0.416 e. The van der Waals surface area contributed by atoms with Crippen LogP contribution in [-0.4, -0.2) is 35.8 Å². The first-order valence-electron chi connectivity index (χ1n) is 10.1. The van der Waals surface area contributed by atoms with Crippen LogP contribution in [0.15, 0.2) is 48.5 Å². The predicted octanol–water partition coefficient (Wildman–Crippen LogP) is 6.28. The molecule has 0 N–H and O–H groups in total. The van der Waals surface area contributed by atoms with E-state index >= 15 is 0 Å². The molecule has 31 heavy (non-hydrogen) atoms. The van der Waals surface area contributed by atoms with Crippen LogP contribution in [0.3, 0.4) is 0 Å². The van der Waals surface area contributed by atoms with E-state index in [1.807, 2.05) is 20.8 Å². The van der Waals surface area contributed by atoms with Gasteiger partial charge in [-0.1, -0.05) is 0 Å². The first kappa shape index (κ1) is 22.8. The van der Waals surface area contributed by atoms with Crippen molar-refractivity contribution < 1.29 is 32.2 Å². The highest BCUT2D eigenvalue weighted by Gasteiger charge is 2.32. The van der Waals surface area contributed by atoms with Crippen molar-refractivity contribution in [2.75, 3.05) is 13.2 Å². The molecule has 1 atom stereocenters. The van der Waals surface area contributed by atoms with Gasteiger partial charge in [0.25, 0.3) is 0 Å². The molecule has 1 aliphatic rings. The van der Waals surface area contributed by atoms with Crippen LogP contribution >= 0.6 is 0 Å². The molecule has 1 unspecified atom stereocenters. The van der Waals surface area contributed by atoms with Crippen molar-refractivity contribution in [2.45, 2.75) is 51.4 Å². The Bertz CT molecular complexity index is 874. The lowest BCUT2D eigenvalue weighted by molar-refractivity contribution is -0.137. The molecule has 0 bridgehead atoms. The first-order chi connectivity index (χ1) is 14.5. The smallest absolute Gasteiger partial charge is 0.416 e. The van der Waals surface area contributed by atoms with E-state index in [1.54, 1.807) is 29.2 Å². The van der Waals surface area contributed by atoms with E-state index in [2.05, 4.69) is 0 Å². The van der Waals surface area contributed by atoms with Crippen LogP contribution in [0.4, 0.5) is 18.0 Å². The summed E-state index contributed by atoms with van der Waals surface area (Å²) in [6, 6.07) is 11.2. The topological polar surface area (TPSA) is 48.0 Å². The van der Waals surface area contributed by atoms with E-state index in [-0.39, 0.29) is 12.1 Å². The second kappa shape index (κ2) is 9.08. The molecule has 3 rings (SSSR count). The van der Waals surface area contributed by atoms with E-state index in [9.17, 15) is 18.0 Å². The van der Waals surface area contributed by atoms with Gasteiger partial charge in [-0.2, -0.15) is 13.2 Å². The molecule has 1 aliphatic heterocycles. The largest absolute Gasteiger partial charge is 0.491 e. The minimum absolute atomic E-state index is 0.0575. The molecule has 5 nitrogen and oxygen atoms in total. The molecule has 0 spiro atoms. The summed E-state index contributed by atoms with van der Waals surface area (Å²) in [5.41, 5.74) is -1.27. The number of alkyl halides is 3. The van der Waals surface area contributed by atoms with Crippen LogP contribution in [0.5, 0.6) is 17.2 Å². The summed E-state index contributed by atoms with van der Waals surface area (Å²) >= 11 is 0. The average Bonchev–Trinajstić information content (AvgIpc) is 3.15. The number of ether oxygens (including phenoxy) is 3. The number of carbonyl (C=O) groups excluding carboxylic acids is 1. The molecule has 2 aromatic rings. The van der Waals surface area contributed by atoms with Crippen molar-refractivity contribution in [2.24, 2.45) is 0 Å². The highest BCUT2D eigenvalue weighted by Crippen LogP contribution is 2.32. The van der Waals surface area contributed by atoms with Crippen LogP contribution in [0, 0.1) is 0 Å². The SMILES string of the molecule is CC(C)(C)OC(=O)N1CCCC1COc1ccc(Oc2ccc(C(F)(F)F)cc2)cc1. The number of carbonyl (C=O) groups is 1. The summed E-state index contributed by atoms with van der Waals surface area (Å²) in [6.07, 6.45) is -2.98. The molecular weight excluding hydrogens is 411 g/mol. The van der Waals surface area contributed by atoms with Gasteiger partial charge < -0.3 is 19.1 Å². The van der Waals surface area contributed by atoms with Crippen molar-refractivity contribution in [1.82, 2.24) is 4.90 Å². The molecule has 8 heteroatoms. The van der Waals surface area contributed by atoms with Crippen LogP contribution in [0.25, 0.3) is 0 Å². The van der Waals surface area contributed by atoms with E-state index in [1.165, 1.54) is 12.1 Å². The molecule has 1 saturated heterocycles. The predicted molar refractivity (Wildman–Crippen MR) is 109 cm³/mol. The fourth-order valence-electron chi connectivity index (χ4n) is 3.21. The van der Waals surface area contributed by atoms with Gasteiger partial charge in [0, 0.05) is 6.54 Å². The number of halogens is 3. The maximum atomic E-state index is 12.6. The van der Waals surface area contributed by atoms with E-state index in [4.69, 9.17) is 14.2 Å². The summed E-state index contributed by atoms with van der Waals surface area (Å²) in [6.45, 7) is 6.49. The van der Waals surface area contributed by atoms with Crippen LogP contribution in [0.2, 0.25) is 0 Å². The molecule has 0 aliphatic carbocycles. The highest BCUT2D eigenvalue weighted by molar-refractivity contribution is 5.69. The van der Waals surface area contributed by atoms with Gasteiger partial charge >= 0.3 is 12.3 Å². The minimum atomic E-state index is -4.38. The van der Waals surface area contributed by atoms with Crippen LogP contribution in [-0.2, 0) is 10.9 Å². The molecule has 0 aromatic heterocycles. The third kappa shape index (κ3) is 6.54. The fraction of sp³-hybridized carbons (Fsp3) is 0.435. The quantitative estimate of drug-likeness (QED) is 0.553. The Kier molecular flexibility index (Phi) is 6.67. The standard InChI is InChI=1S/C23H26F3NO4/c1-22(2,3)31-21(28)27-14-4-5-17(27)15-29-18-10-12-20(13-11-18)30-19-8-6-16(7-9-19)23(24,25)26/h6-13,17H,4-5,14-15H2,1-3H3. The lowest BCUT2D eigenvalue weighted by atomic mass is 10.2. The second-order valence-electron chi connectivity index (χ2n) is 8.38. The Labute approximate surface area is 179 Å². The summed E-state index contributed by atoms with van der Waals surface area (Å²) in [5, 5.41) is 0. The van der Waals surface area contributed by atoms with Crippen molar-refractivity contribution in [3.05, 3.63) is 54.1 Å². The molecule has 1 heterocycles. The highest BCUT2D eigenvalue weighted by atomic mass is 19.4. The summed E-state index contributed by atoms with van der Waals surface area (Å²) in [5.74, 6) is 1.39. The normalized spacial score (nSPS) is 16.8. The third-order valence-corrected chi connectivity index (χ3v) is 4.69. The van der Waals surface area contributed by atoms with Gasteiger partial charge in [-0.15, -0.1) is 0 Å². The van der Waals surface area contributed by atoms with Gasteiger partial charge in [0.1, 0.15) is 29.5 Å². The van der Waals surface area contributed by atoms with E-state index < -0.39 is 17.3 Å². The molecule has 0 radical (unpaired) electrons. The molecule has 0 saturated carbocycles. The van der Waals surface area contributed by atoms with Crippen molar-refractivity contribution in [3.8, 4) is 17.2 Å². The zero-order chi connectivity index (χ0) is 22.6. The Hall–Kier alpha value is -2.90. The molecule has 168 valence electrons. The Balaban J connectivity index is 1.53. The number of benzene rings is 2. The molecule has 1 amide bonds. The van der Waals surface area contributed by atoms with Crippen molar-refractivity contribution >= 4 is 6.09 Å². The van der Waals surface area contributed by atoms with E-state index in [0.29, 0.717) is 30.4 Å². The zero-order valence-corrected chi connectivity index (χ0v) is 17.7. The average molecular weight is 437 g/mol. The van der Waals surface area contributed by atoms with E-state index in [0.717, 1.165) is 25.0 Å². The number of rotatable bonds is 5. The Morgan fingerprint density at radius 3 is 2.06 bits per heavy atom. The molecule has 1 fully saturated rings. The van der Waals surface area contributed by atoms with Gasteiger partial charge in [0.05, 0.1) is 11.6 Å².